The minimum atomic E-state index is -4.81. The maximum atomic E-state index is 13.1. The molecule has 0 aliphatic rings. The third-order valence-corrected chi connectivity index (χ3v) is 6.47. The Bertz CT molecular complexity index is 1460. The van der Waals surface area contributed by atoms with Crippen LogP contribution in [0.3, 0.4) is 0 Å². The van der Waals surface area contributed by atoms with Gasteiger partial charge in [-0.1, -0.05) is 41.9 Å². The lowest BCUT2D eigenvalue weighted by atomic mass is 10.2. The largest absolute Gasteiger partial charge is 0.417 e. The molecule has 4 aromatic rings. The lowest BCUT2D eigenvalue weighted by molar-refractivity contribution is -0.137. The van der Waals surface area contributed by atoms with Crippen molar-refractivity contribution in [1.29, 1.82) is 0 Å². The van der Waals surface area contributed by atoms with Crippen LogP contribution in [0, 0.1) is 0 Å². The Morgan fingerprint density at radius 3 is 2.41 bits per heavy atom. The van der Waals surface area contributed by atoms with E-state index in [0.717, 1.165) is 17.7 Å². The number of hydrogen-bond donors (Lipinski definition) is 2. The minimum Gasteiger partial charge on any atom is -0.280 e. The van der Waals surface area contributed by atoms with Gasteiger partial charge in [0.1, 0.15) is 0 Å². The highest BCUT2D eigenvalue weighted by Gasteiger charge is 2.34. The summed E-state index contributed by atoms with van der Waals surface area (Å²) in [6.45, 7) is 0.398. The number of hydrogen-bond acceptors (Lipinski definition) is 3. The summed E-state index contributed by atoms with van der Waals surface area (Å²) in [6.07, 6.45) is -4.81. The number of nitrogens with zero attached hydrogens (tertiary/aromatic N) is 1. The third-order valence-electron chi connectivity index (χ3n) is 4.76. The fraction of sp³-hybridized carbons (Fsp3) is 0.0952. The van der Waals surface area contributed by atoms with Gasteiger partial charge in [-0.25, -0.2) is 8.42 Å². The number of aromatic amines is 1. The third kappa shape index (κ3) is 4.37. The molecular formula is C21H15ClF3N3O3S. The minimum absolute atomic E-state index is 0.0315. The highest BCUT2D eigenvalue weighted by Crippen LogP contribution is 2.36. The average molecular weight is 482 g/mol. The van der Waals surface area contributed by atoms with Crippen LogP contribution in [-0.2, 0) is 22.7 Å². The van der Waals surface area contributed by atoms with Gasteiger partial charge in [-0.3, -0.25) is 19.3 Å². The molecule has 166 valence electrons. The monoisotopic (exact) mass is 481 g/mol. The number of alkyl halides is 3. The Kier molecular flexibility index (Phi) is 5.51. The molecule has 3 aromatic carbocycles. The number of nitrogens with one attached hydrogen (secondary N) is 2. The maximum Gasteiger partial charge on any atom is 0.417 e. The van der Waals surface area contributed by atoms with Crippen molar-refractivity contribution < 1.29 is 21.6 Å². The zero-order valence-corrected chi connectivity index (χ0v) is 17.7. The number of sulfonamides is 1. The van der Waals surface area contributed by atoms with Crippen LogP contribution >= 0.6 is 11.6 Å². The number of H-pyrrole nitrogens is 1. The summed E-state index contributed by atoms with van der Waals surface area (Å²) in [5.74, 6) is 0. The van der Waals surface area contributed by atoms with Gasteiger partial charge in [0.2, 0.25) is 0 Å². The van der Waals surface area contributed by atoms with E-state index in [1.807, 2.05) is 30.3 Å². The first-order valence-electron chi connectivity index (χ1n) is 9.21. The summed E-state index contributed by atoms with van der Waals surface area (Å²) in [7, 11) is -4.36. The zero-order valence-electron chi connectivity index (χ0n) is 16.2. The average Bonchev–Trinajstić information content (AvgIpc) is 3.02. The second-order valence-electron chi connectivity index (χ2n) is 6.99. The Labute approximate surface area is 185 Å². The molecule has 0 aliphatic carbocycles. The molecule has 0 atom stereocenters. The van der Waals surface area contributed by atoms with Crippen molar-refractivity contribution >= 4 is 38.2 Å². The van der Waals surface area contributed by atoms with Crippen LogP contribution in [0.15, 0.2) is 76.4 Å². The molecule has 11 heteroatoms. The first-order chi connectivity index (χ1) is 15.0. The van der Waals surface area contributed by atoms with Crippen molar-refractivity contribution in [2.45, 2.75) is 17.6 Å². The summed E-state index contributed by atoms with van der Waals surface area (Å²) in [6, 6.07) is 16.0. The van der Waals surface area contributed by atoms with Crippen LogP contribution in [0.2, 0.25) is 5.02 Å². The van der Waals surface area contributed by atoms with Crippen molar-refractivity contribution in [3.63, 3.8) is 0 Å². The number of rotatable bonds is 5. The first-order valence-corrected chi connectivity index (χ1v) is 11.1. The van der Waals surface area contributed by atoms with Crippen molar-refractivity contribution in [2.24, 2.45) is 0 Å². The molecular weight excluding hydrogens is 467 g/mol. The molecule has 1 aromatic heterocycles. The van der Waals surface area contributed by atoms with E-state index < -0.39 is 37.2 Å². The van der Waals surface area contributed by atoms with Crippen LogP contribution in [0.4, 0.5) is 18.9 Å². The molecule has 0 bridgehead atoms. The molecule has 0 aliphatic heterocycles. The zero-order chi connectivity index (χ0) is 23.1. The molecule has 0 unspecified atom stereocenters. The summed E-state index contributed by atoms with van der Waals surface area (Å²) in [4.78, 5) is 11.8. The number of benzene rings is 3. The molecule has 0 amide bonds. The van der Waals surface area contributed by atoms with Gasteiger partial charge in [0, 0.05) is 5.69 Å². The molecule has 6 nitrogen and oxygen atoms in total. The van der Waals surface area contributed by atoms with Crippen molar-refractivity contribution in [3.8, 4) is 0 Å². The lowest BCUT2D eigenvalue weighted by Gasteiger charge is -2.12. The van der Waals surface area contributed by atoms with Crippen molar-refractivity contribution in [3.05, 3.63) is 93.2 Å². The van der Waals surface area contributed by atoms with Crippen LogP contribution in [0.25, 0.3) is 10.9 Å². The second-order valence-corrected chi connectivity index (χ2v) is 9.08. The fourth-order valence-corrected chi connectivity index (χ4v) is 4.55. The van der Waals surface area contributed by atoms with Gasteiger partial charge >= 0.3 is 6.18 Å². The van der Waals surface area contributed by atoms with E-state index in [-0.39, 0.29) is 11.1 Å². The predicted octanol–water partition coefficient (Wildman–Crippen LogP) is 4.85. The summed E-state index contributed by atoms with van der Waals surface area (Å²) in [5.41, 5.74) is -0.153. The molecule has 1 heterocycles. The SMILES string of the molecule is O=c1[nH]n(Cc2ccccc2)c2ccc(NS(=O)(=O)c3ccc(Cl)c(C(F)(F)F)c3)cc12. The lowest BCUT2D eigenvalue weighted by Crippen LogP contribution is -2.15. The van der Waals surface area contributed by atoms with Gasteiger partial charge in [0.25, 0.3) is 15.6 Å². The van der Waals surface area contributed by atoms with Crippen LogP contribution in [-0.4, -0.2) is 18.2 Å². The maximum absolute atomic E-state index is 13.1. The topological polar surface area (TPSA) is 84.0 Å². The van der Waals surface area contributed by atoms with Crippen LogP contribution in [0.5, 0.6) is 0 Å². The molecule has 0 fully saturated rings. The van der Waals surface area contributed by atoms with E-state index in [4.69, 9.17) is 11.6 Å². The van der Waals surface area contributed by atoms with Gasteiger partial charge in [-0.2, -0.15) is 13.2 Å². The molecule has 0 saturated heterocycles. The number of fused-ring (bicyclic) bond motifs is 1. The predicted molar refractivity (Wildman–Crippen MR) is 115 cm³/mol. The van der Waals surface area contributed by atoms with Crippen LogP contribution < -0.4 is 10.3 Å². The molecule has 2 N–H and O–H groups in total. The fourth-order valence-electron chi connectivity index (χ4n) is 3.25. The highest BCUT2D eigenvalue weighted by molar-refractivity contribution is 7.92. The van der Waals surface area contributed by atoms with Gasteiger partial charge in [-0.15, -0.1) is 0 Å². The smallest absolute Gasteiger partial charge is 0.280 e. The molecule has 0 saturated carbocycles. The van der Waals surface area contributed by atoms with Crippen LogP contribution in [0.1, 0.15) is 11.1 Å². The summed E-state index contributed by atoms with van der Waals surface area (Å²) in [5, 5.41) is 2.32. The highest BCUT2D eigenvalue weighted by atomic mass is 35.5. The molecule has 4 rings (SSSR count). The van der Waals surface area contributed by atoms with Gasteiger partial charge in [0.15, 0.2) is 0 Å². The Balaban J connectivity index is 1.66. The number of aromatic nitrogens is 2. The van der Waals surface area contributed by atoms with Gasteiger partial charge in [0.05, 0.1) is 32.9 Å². The number of halogens is 4. The van der Waals surface area contributed by atoms with E-state index >= 15 is 0 Å². The Morgan fingerprint density at radius 1 is 1.00 bits per heavy atom. The number of anilines is 1. The van der Waals surface area contributed by atoms with Gasteiger partial charge in [-0.05, 0) is 42.0 Å². The van der Waals surface area contributed by atoms with E-state index in [1.165, 1.54) is 12.1 Å². The Hall–Kier alpha value is -3.24. The molecule has 32 heavy (non-hydrogen) atoms. The van der Waals surface area contributed by atoms with Crippen molar-refractivity contribution in [2.75, 3.05) is 4.72 Å². The molecule has 0 radical (unpaired) electrons. The van der Waals surface area contributed by atoms with Crippen molar-refractivity contribution in [1.82, 2.24) is 9.78 Å². The van der Waals surface area contributed by atoms with E-state index in [1.54, 1.807) is 10.7 Å². The van der Waals surface area contributed by atoms with E-state index in [2.05, 4.69) is 9.82 Å². The second kappa shape index (κ2) is 8.03. The van der Waals surface area contributed by atoms with E-state index in [9.17, 15) is 26.4 Å². The quantitative estimate of drug-likeness (QED) is 0.427. The standard InChI is InChI=1S/C21H15ClF3N3O3S/c22-18-8-7-15(11-17(18)21(23,24)25)32(30,31)27-14-6-9-19-16(10-14)20(29)26-28(19)12-13-4-2-1-3-5-13/h1-11,27H,12H2,(H,26,29). The van der Waals surface area contributed by atoms with Gasteiger partial charge < -0.3 is 0 Å². The summed E-state index contributed by atoms with van der Waals surface area (Å²) >= 11 is 5.56. The normalized spacial score (nSPS) is 12.2. The van der Waals surface area contributed by atoms with E-state index in [0.29, 0.717) is 18.1 Å². The summed E-state index contributed by atoms with van der Waals surface area (Å²) < 4.78 is 68.4. The first kappa shape index (κ1) is 22.0. The molecule has 0 spiro atoms. The Morgan fingerprint density at radius 2 is 1.72 bits per heavy atom.